The fourth-order valence-corrected chi connectivity index (χ4v) is 1.55. The Morgan fingerprint density at radius 3 is 2.71 bits per heavy atom. The fourth-order valence-electron chi connectivity index (χ4n) is 1.55. The maximum Gasteiger partial charge on any atom is 0.224 e. The van der Waals surface area contributed by atoms with Crippen LogP contribution >= 0.6 is 0 Å². The van der Waals surface area contributed by atoms with Crippen molar-refractivity contribution >= 4 is 5.91 Å². The van der Waals surface area contributed by atoms with Crippen LogP contribution in [0.4, 0.5) is 8.78 Å². The summed E-state index contributed by atoms with van der Waals surface area (Å²) in [7, 11) is 0. The van der Waals surface area contributed by atoms with E-state index in [0.29, 0.717) is 12.1 Å². The molecule has 1 aromatic rings. The van der Waals surface area contributed by atoms with Gasteiger partial charge < -0.3 is 11.1 Å². The van der Waals surface area contributed by atoms with Gasteiger partial charge in [0.25, 0.3) is 0 Å². The lowest BCUT2D eigenvalue weighted by Crippen LogP contribution is -2.36. The van der Waals surface area contributed by atoms with E-state index in [9.17, 15) is 13.6 Å². The number of carbonyl (C=O) groups excluding carboxylic acids is 1. The lowest BCUT2D eigenvalue weighted by Gasteiger charge is -2.14. The Balaban J connectivity index is 2.77. The normalized spacial score (nSPS) is 12.2. The second-order valence-electron chi connectivity index (χ2n) is 3.77. The van der Waals surface area contributed by atoms with Crippen molar-refractivity contribution in [1.82, 2.24) is 5.32 Å². The molecule has 0 aliphatic rings. The highest BCUT2D eigenvalue weighted by atomic mass is 19.1. The highest BCUT2D eigenvalue weighted by Crippen LogP contribution is 2.14. The van der Waals surface area contributed by atoms with Crippen molar-refractivity contribution in [3.63, 3.8) is 0 Å². The fraction of sp³-hybridized carbons (Fsp3) is 0.417. The van der Waals surface area contributed by atoms with Gasteiger partial charge >= 0.3 is 0 Å². The molecule has 1 amide bonds. The average molecular weight is 242 g/mol. The van der Waals surface area contributed by atoms with Crippen LogP contribution in [0.15, 0.2) is 18.2 Å². The first kappa shape index (κ1) is 13.6. The first-order chi connectivity index (χ1) is 8.08. The lowest BCUT2D eigenvalue weighted by molar-refractivity contribution is -0.124. The van der Waals surface area contributed by atoms with E-state index < -0.39 is 17.6 Å². The number of amides is 1. The van der Waals surface area contributed by atoms with Gasteiger partial charge in [-0.1, -0.05) is 6.07 Å². The van der Waals surface area contributed by atoms with E-state index in [1.807, 2.05) is 0 Å². The molecule has 0 aliphatic carbocycles. The highest BCUT2D eigenvalue weighted by Gasteiger charge is 2.18. The maximum absolute atomic E-state index is 13.4. The van der Waals surface area contributed by atoms with Gasteiger partial charge in [-0.25, -0.2) is 8.78 Å². The third kappa shape index (κ3) is 3.78. The predicted octanol–water partition coefficient (Wildman–Crippen LogP) is 1.22. The van der Waals surface area contributed by atoms with Crippen molar-refractivity contribution in [2.24, 2.45) is 11.7 Å². The van der Waals surface area contributed by atoms with E-state index in [1.54, 1.807) is 6.92 Å². The predicted molar refractivity (Wildman–Crippen MR) is 61.3 cm³/mol. The first-order valence-corrected chi connectivity index (χ1v) is 5.50. The van der Waals surface area contributed by atoms with E-state index in [2.05, 4.69) is 5.32 Å². The molecule has 3 nitrogen and oxygen atoms in total. The summed E-state index contributed by atoms with van der Waals surface area (Å²) < 4.78 is 26.1. The Kier molecular flexibility index (Phi) is 5.03. The SMILES string of the molecule is CCNC(=O)C(CN)Cc1ccc(F)cc1F. The van der Waals surface area contributed by atoms with Crippen molar-refractivity contribution in [1.29, 1.82) is 0 Å². The van der Waals surface area contributed by atoms with Crippen LogP contribution in [0.3, 0.4) is 0 Å². The third-order valence-electron chi connectivity index (χ3n) is 2.49. The molecule has 0 aromatic heterocycles. The van der Waals surface area contributed by atoms with Gasteiger partial charge in [-0.15, -0.1) is 0 Å². The second kappa shape index (κ2) is 6.30. The molecule has 1 unspecified atom stereocenters. The number of halogens is 2. The summed E-state index contributed by atoms with van der Waals surface area (Å²) in [5.74, 6) is -1.98. The molecule has 3 N–H and O–H groups in total. The maximum atomic E-state index is 13.4. The van der Waals surface area contributed by atoms with E-state index in [-0.39, 0.29) is 18.9 Å². The van der Waals surface area contributed by atoms with Crippen LogP contribution in [0.2, 0.25) is 0 Å². The van der Waals surface area contributed by atoms with E-state index in [1.165, 1.54) is 12.1 Å². The summed E-state index contributed by atoms with van der Waals surface area (Å²) in [5.41, 5.74) is 5.77. The Hall–Kier alpha value is -1.49. The topological polar surface area (TPSA) is 55.1 Å². The summed E-state index contributed by atoms with van der Waals surface area (Å²) in [5, 5.41) is 2.63. The van der Waals surface area contributed by atoms with Crippen molar-refractivity contribution in [2.75, 3.05) is 13.1 Å². The van der Waals surface area contributed by atoms with Gasteiger partial charge in [0.1, 0.15) is 11.6 Å². The van der Waals surface area contributed by atoms with Crippen LogP contribution in [0.1, 0.15) is 12.5 Å². The molecule has 17 heavy (non-hydrogen) atoms. The molecule has 0 saturated carbocycles. The number of benzene rings is 1. The van der Waals surface area contributed by atoms with Gasteiger partial charge in [0, 0.05) is 19.2 Å². The number of rotatable bonds is 5. The molecular weight excluding hydrogens is 226 g/mol. The second-order valence-corrected chi connectivity index (χ2v) is 3.77. The van der Waals surface area contributed by atoms with E-state index in [0.717, 1.165) is 6.07 Å². The van der Waals surface area contributed by atoms with Crippen molar-refractivity contribution in [2.45, 2.75) is 13.3 Å². The molecule has 0 heterocycles. The number of carbonyl (C=O) groups is 1. The van der Waals surface area contributed by atoms with Crippen molar-refractivity contribution < 1.29 is 13.6 Å². The minimum atomic E-state index is -0.646. The molecular formula is C12H16F2N2O. The molecule has 5 heteroatoms. The molecule has 0 saturated heterocycles. The van der Waals surface area contributed by atoms with Crippen LogP contribution < -0.4 is 11.1 Å². The third-order valence-corrected chi connectivity index (χ3v) is 2.49. The van der Waals surface area contributed by atoms with Gasteiger partial charge in [-0.2, -0.15) is 0 Å². The van der Waals surface area contributed by atoms with Crippen LogP contribution in [-0.2, 0) is 11.2 Å². The molecule has 1 rings (SSSR count). The molecule has 0 aliphatic heterocycles. The first-order valence-electron chi connectivity index (χ1n) is 5.50. The minimum absolute atomic E-state index is 0.128. The van der Waals surface area contributed by atoms with Gasteiger partial charge in [0.15, 0.2) is 0 Å². The largest absolute Gasteiger partial charge is 0.356 e. The van der Waals surface area contributed by atoms with Crippen molar-refractivity contribution in [3.8, 4) is 0 Å². The summed E-state index contributed by atoms with van der Waals surface area (Å²) in [4.78, 5) is 11.6. The Labute approximate surface area is 99.0 Å². The number of hydrogen-bond acceptors (Lipinski definition) is 2. The molecule has 0 bridgehead atoms. The number of nitrogens with one attached hydrogen (secondary N) is 1. The molecule has 1 aromatic carbocycles. The number of nitrogens with two attached hydrogens (primary N) is 1. The Morgan fingerprint density at radius 1 is 1.47 bits per heavy atom. The Bertz CT molecular complexity index is 396. The average Bonchev–Trinajstić information content (AvgIpc) is 2.28. The van der Waals surface area contributed by atoms with Crippen LogP contribution in [0, 0.1) is 17.6 Å². The van der Waals surface area contributed by atoms with Crippen LogP contribution in [0.5, 0.6) is 0 Å². The quantitative estimate of drug-likeness (QED) is 0.815. The lowest BCUT2D eigenvalue weighted by atomic mass is 9.98. The van der Waals surface area contributed by atoms with Gasteiger partial charge in [-0.05, 0) is 25.0 Å². The van der Waals surface area contributed by atoms with Gasteiger partial charge in [-0.3, -0.25) is 4.79 Å². The summed E-state index contributed by atoms with van der Waals surface area (Å²) in [6, 6.07) is 3.32. The molecule has 0 fully saturated rings. The zero-order chi connectivity index (χ0) is 12.8. The van der Waals surface area contributed by atoms with Gasteiger partial charge in [0.2, 0.25) is 5.91 Å². The standard InChI is InChI=1S/C12H16F2N2O/c1-2-16-12(17)9(7-15)5-8-3-4-10(13)6-11(8)14/h3-4,6,9H,2,5,7,15H2,1H3,(H,16,17). The van der Waals surface area contributed by atoms with Crippen LogP contribution in [-0.4, -0.2) is 19.0 Å². The molecule has 94 valence electrons. The Morgan fingerprint density at radius 2 is 2.18 bits per heavy atom. The monoisotopic (exact) mass is 242 g/mol. The summed E-state index contributed by atoms with van der Waals surface area (Å²) >= 11 is 0. The van der Waals surface area contributed by atoms with Crippen LogP contribution in [0.25, 0.3) is 0 Å². The van der Waals surface area contributed by atoms with E-state index >= 15 is 0 Å². The number of hydrogen-bond donors (Lipinski definition) is 2. The molecule has 0 radical (unpaired) electrons. The minimum Gasteiger partial charge on any atom is -0.356 e. The molecule has 0 spiro atoms. The van der Waals surface area contributed by atoms with Gasteiger partial charge in [0.05, 0.1) is 5.92 Å². The van der Waals surface area contributed by atoms with E-state index in [4.69, 9.17) is 5.73 Å². The highest BCUT2D eigenvalue weighted by molar-refractivity contribution is 5.79. The summed E-state index contributed by atoms with van der Waals surface area (Å²) in [6.45, 7) is 2.42. The zero-order valence-electron chi connectivity index (χ0n) is 9.67. The van der Waals surface area contributed by atoms with Crippen molar-refractivity contribution in [3.05, 3.63) is 35.4 Å². The summed E-state index contributed by atoms with van der Waals surface area (Å²) in [6.07, 6.45) is 0.175. The smallest absolute Gasteiger partial charge is 0.224 e. The molecule has 1 atom stereocenters. The zero-order valence-corrected chi connectivity index (χ0v) is 9.67.